The standard InChI is InChI=1S/C15H22N2O/c1-11-6-7-12(2)14(9-11)15(18)17-8-4-5-13(10-17)16-3/h6-7,9,13,16H,4-5,8,10H2,1-3H3/t13-/m1/s1. The number of rotatable bonds is 2. The number of benzene rings is 1. The van der Waals surface area contributed by atoms with Gasteiger partial charge in [-0.25, -0.2) is 0 Å². The van der Waals surface area contributed by atoms with Gasteiger partial charge in [0.2, 0.25) is 0 Å². The van der Waals surface area contributed by atoms with Crippen molar-refractivity contribution in [2.45, 2.75) is 32.7 Å². The number of nitrogens with zero attached hydrogens (tertiary/aromatic N) is 1. The second-order valence-corrected chi connectivity index (χ2v) is 5.20. The minimum atomic E-state index is 0.177. The van der Waals surface area contributed by atoms with Gasteiger partial charge in [0.05, 0.1) is 0 Å². The van der Waals surface area contributed by atoms with Crippen LogP contribution in [0, 0.1) is 13.8 Å². The van der Waals surface area contributed by atoms with E-state index >= 15 is 0 Å². The molecule has 3 nitrogen and oxygen atoms in total. The maximum absolute atomic E-state index is 12.5. The summed E-state index contributed by atoms with van der Waals surface area (Å²) < 4.78 is 0. The zero-order chi connectivity index (χ0) is 13.1. The van der Waals surface area contributed by atoms with Crippen LogP contribution in [0.4, 0.5) is 0 Å². The van der Waals surface area contributed by atoms with Gasteiger partial charge in [0.1, 0.15) is 0 Å². The van der Waals surface area contributed by atoms with Gasteiger partial charge >= 0.3 is 0 Å². The first-order valence-corrected chi connectivity index (χ1v) is 6.65. The molecule has 0 radical (unpaired) electrons. The molecule has 98 valence electrons. The summed E-state index contributed by atoms with van der Waals surface area (Å²) in [5, 5.41) is 3.27. The van der Waals surface area contributed by atoms with E-state index in [9.17, 15) is 4.79 Å². The van der Waals surface area contributed by atoms with Crippen molar-refractivity contribution in [2.75, 3.05) is 20.1 Å². The molecule has 3 heteroatoms. The molecule has 1 heterocycles. The van der Waals surface area contributed by atoms with Crippen molar-refractivity contribution in [3.63, 3.8) is 0 Å². The highest BCUT2D eigenvalue weighted by Gasteiger charge is 2.24. The van der Waals surface area contributed by atoms with Gasteiger partial charge in [0, 0.05) is 24.7 Å². The van der Waals surface area contributed by atoms with Crippen LogP contribution in [-0.2, 0) is 0 Å². The third-order valence-electron chi connectivity index (χ3n) is 3.74. The quantitative estimate of drug-likeness (QED) is 0.867. The smallest absolute Gasteiger partial charge is 0.254 e. The summed E-state index contributed by atoms with van der Waals surface area (Å²) in [6.45, 7) is 5.74. The predicted octanol–water partition coefficient (Wildman–Crippen LogP) is 2.13. The minimum Gasteiger partial charge on any atom is -0.337 e. The Morgan fingerprint density at radius 3 is 2.89 bits per heavy atom. The Morgan fingerprint density at radius 1 is 1.39 bits per heavy atom. The number of amides is 1. The average Bonchev–Trinajstić information content (AvgIpc) is 2.41. The molecular weight excluding hydrogens is 224 g/mol. The summed E-state index contributed by atoms with van der Waals surface area (Å²) in [7, 11) is 1.97. The van der Waals surface area contributed by atoms with E-state index in [-0.39, 0.29) is 5.91 Å². The predicted molar refractivity (Wildman–Crippen MR) is 73.9 cm³/mol. The lowest BCUT2D eigenvalue weighted by Crippen LogP contribution is -2.47. The van der Waals surface area contributed by atoms with Crippen molar-refractivity contribution in [3.8, 4) is 0 Å². The molecular formula is C15H22N2O. The van der Waals surface area contributed by atoms with Crippen LogP contribution in [0.2, 0.25) is 0 Å². The van der Waals surface area contributed by atoms with Crippen molar-refractivity contribution >= 4 is 5.91 Å². The van der Waals surface area contributed by atoms with E-state index < -0.39 is 0 Å². The monoisotopic (exact) mass is 246 g/mol. The number of likely N-dealkylation sites (tertiary alicyclic amines) is 1. The van der Waals surface area contributed by atoms with Gasteiger partial charge in [-0.15, -0.1) is 0 Å². The highest BCUT2D eigenvalue weighted by molar-refractivity contribution is 5.95. The number of hydrogen-bond donors (Lipinski definition) is 1. The maximum Gasteiger partial charge on any atom is 0.254 e. The first-order chi connectivity index (χ1) is 8.61. The summed E-state index contributed by atoms with van der Waals surface area (Å²) in [6, 6.07) is 6.52. The minimum absolute atomic E-state index is 0.177. The molecule has 0 spiro atoms. The number of hydrogen-bond acceptors (Lipinski definition) is 2. The van der Waals surface area contributed by atoms with Gasteiger partial charge < -0.3 is 10.2 Å². The lowest BCUT2D eigenvalue weighted by atomic mass is 10.0. The summed E-state index contributed by atoms with van der Waals surface area (Å²) in [4.78, 5) is 14.5. The molecule has 18 heavy (non-hydrogen) atoms. The number of aryl methyl sites for hydroxylation is 2. The lowest BCUT2D eigenvalue weighted by Gasteiger charge is -2.33. The Morgan fingerprint density at radius 2 is 2.17 bits per heavy atom. The summed E-state index contributed by atoms with van der Waals surface area (Å²) in [5.41, 5.74) is 3.06. The van der Waals surface area contributed by atoms with Crippen molar-refractivity contribution in [3.05, 3.63) is 34.9 Å². The van der Waals surface area contributed by atoms with E-state index in [4.69, 9.17) is 0 Å². The Bertz CT molecular complexity index is 442. The highest BCUT2D eigenvalue weighted by Crippen LogP contribution is 2.17. The van der Waals surface area contributed by atoms with Crippen LogP contribution in [0.1, 0.15) is 34.3 Å². The van der Waals surface area contributed by atoms with Crippen LogP contribution >= 0.6 is 0 Å². The lowest BCUT2D eigenvalue weighted by molar-refractivity contribution is 0.0697. The van der Waals surface area contributed by atoms with Gasteiger partial charge in [-0.2, -0.15) is 0 Å². The Kier molecular flexibility index (Phi) is 4.02. The number of carbonyl (C=O) groups is 1. The largest absolute Gasteiger partial charge is 0.337 e. The summed E-state index contributed by atoms with van der Waals surface area (Å²) >= 11 is 0. The first kappa shape index (κ1) is 13.1. The molecule has 0 aromatic heterocycles. The van der Waals surface area contributed by atoms with Crippen LogP contribution in [0.3, 0.4) is 0 Å². The van der Waals surface area contributed by atoms with Gasteiger partial charge in [-0.1, -0.05) is 17.7 Å². The maximum atomic E-state index is 12.5. The molecule has 0 bridgehead atoms. The van der Waals surface area contributed by atoms with E-state index in [1.807, 2.05) is 37.9 Å². The molecule has 0 unspecified atom stereocenters. The second-order valence-electron chi connectivity index (χ2n) is 5.20. The molecule has 2 rings (SSSR count). The fourth-order valence-corrected chi connectivity index (χ4v) is 2.53. The fraction of sp³-hybridized carbons (Fsp3) is 0.533. The number of piperidine rings is 1. The van der Waals surface area contributed by atoms with Gasteiger partial charge in [0.25, 0.3) is 5.91 Å². The zero-order valence-electron chi connectivity index (χ0n) is 11.5. The Labute approximate surface area is 109 Å². The van der Waals surface area contributed by atoms with E-state index in [1.165, 1.54) is 0 Å². The molecule has 1 atom stereocenters. The van der Waals surface area contributed by atoms with E-state index in [1.54, 1.807) is 0 Å². The van der Waals surface area contributed by atoms with E-state index in [2.05, 4.69) is 11.4 Å². The molecule has 0 saturated carbocycles. The molecule has 1 fully saturated rings. The summed E-state index contributed by atoms with van der Waals surface area (Å²) in [6.07, 6.45) is 2.25. The third kappa shape index (κ3) is 2.72. The fourth-order valence-electron chi connectivity index (χ4n) is 2.53. The number of likely N-dealkylation sites (N-methyl/N-ethyl adjacent to an activating group) is 1. The van der Waals surface area contributed by atoms with Crippen LogP contribution < -0.4 is 5.32 Å². The van der Waals surface area contributed by atoms with E-state index in [0.717, 1.165) is 42.6 Å². The normalized spacial score (nSPS) is 19.9. The van der Waals surface area contributed by atoms with Crippen molar-refractivity contribution < 1.29 is 4.79 Å². The molecule has 1 aliphatic rings. The highest BCUT2D eigenvalue weighted by atomic mass is 16.2. The van der Waals surface area contributed by atoms with Crippen LogP contribution in [0.25, 0.3) is 0 Å². The van der Waals surface area contributed by atoms with Crippen molar-refractivity contribution in [2.24, 2.45) is 0 Å². The molecule has 1 aliphatic heterocycles. The Hall–Kier alpha value is -1.35. The number of nitrogens with one attached hydrogen (secondary N) is 1. The zero-order valence-corrected chi connectivity index (χ0v) is 11.5. The number of carbonyl (C=O) groups excluding carboxylic acids is 1. The van der Waals surface area contributed by atoms with Crippen LogP contribution in [0.15, 0.2) is 18.2 Å². The van der Waals surface area contributed by atoms with Crippen LogP contribution in [0.5, 0.6) is 0 Å². The molecule has 1 amide bonds. The first-order valence-electron chi connectivity index (χ1n) is 6.65. The molecule has 1 aromatic rings. The molecule has 1 N–H and O–H groups in total. The van der Waals surface area contributed by atoms with Crippen LogP contribution in [-0.4, -0.2) is 37.0 Å². The second kappa shape index (κ2) is 5.53. The topological polar surface area (TPSA) is 32.3 Å². The average molecular weight is 246 g/mol. The van der Waals surface area contributed by atoms with Crippen molar-refractivity contribution in [1.82, 2.24) is 10.2 Å². The van der Waals surface area contributed by atoms with E-state index in [0.29, 0.717) is 6.04 Å². The third-order valence-corrected chi connectivity index (χ3v) is 3.74. The van der Waals surface area contributed by atoms with Gasteiger partial charge in [-0.05, 0) is 45.4 Å². The Balaban J connectivity index is 2.17. The van der Waals surface area contributed by atoms with Gasteiger partial charge in [0.15, 0.2) is 0 Å². The van der Waals surface area contributed by atoms with Crippen molar-refractivity contribution in [1.29, 1.82) is 0 Å². The molecule has 0 aliphatic carbocycles. The SMILES string of the molecule is CN[C@@H]1CCCN(C(=O)c2cc(C)ccc2C)C1. The molecule has 1 aromatic carbocycles. The summed E-state index contributed by atoms with van der Waals surface area (Å²) in [5.74, 6) is 0.177. The van der Waals surface area contributed by atoms with Gasteiger partial charge in [-0.3, -0.25) is 4.79 Å². The molecule has 1 saturated heterocycles.